The Bertz CT molecular complexity index is 881. The molecule has 3 aromatic rings. The van der Waals surface area contributed by atoms with Crippen molar-refractivity contribution < 1.29 is 14.6 Å². The van der Waals surface area contributed by atoms with Crippen LogP contribution >= 0.6 is 11.6 Å². The maximum absolute atomic E-state index is 11.5. The minimum atomic E-state index is -0.424. The predicted octanol–water partition coefficient (Wildman–Crippen LogP) is 1.80. The van der Waals surface area contributed by atoms with E-state index in [-0.39, 0.29) is 19.2 Å². The number of ether oxygens (including phenoxy) is 1. The van der Waals surface area contributed by atoms with Gasteiger partial charge in [-0.1, -0.05) is 23.7 Å². The first-order valence-electron chi connectivity index (χ1n) is 7.48. The molecule has 0 spiro atoms. The number of nitrogens with zero attached hydrogens (tertiary/aromatic N) is 4. The van der Waals surface area contributed by atoms with Gasteiger partial charge in [0.05, 0.1) is 31.3 Å². The summed E-state index contributed by atoms with van der Waals surface area (Å²) in [6.07, 6.45) is 2.94. The maximum Gasteiger partial charge on any atom is 0.327 e. The fourth-order valence-electron chi connectivity index (χ4n) is 2.41. The number of fused-ring (bicyclic) bond motifs is 1. The van der Waals surface area contributed by atoms with Gasteiger partial charge in [0.15, 0.2) is 5.65 Å². The number of methoxy groups -OCH3 is 1. The molecular weight excluding hydrogens is 346 g/mol. The zero-order valence-corrected chi connectivity index (χ0v) is 14.1. The molecule has 130 valence electrons. The van der Waals surface area contributed by atoms with Crippen LogP contribution in [0.3, 0.4) is 0 Å². The molecule has 2 heterocycles. The van der Waals surface area contributed by atoms with E-state index in [1.807, 2.05) is 12.1 Å². The van der Waals surface area contributed by atoms with Gasteiger partial charge in [0.1, 0.15) is 18.7 Å². The Labute approximate surface area is 148 Å². The van der Waals surface area contributed by atoms with Gasteiger partial charge in [-0.15, -0.1) is 0 Å². The number of hydrogen-bond donors (Lipinski definition) is 2. The highest BCUT2D eigenvalue weighted by Crippen LogP contribution is 2.24. The van der Waals surface area contributed by atoms with Crippen LogP contribution in [-0.4, -0.2) is 44.5 Å². The molecule has 2 aromatic heterocycles. The van der Waals surface area contributed by atoms with Crippen LogP contribution in [0.2, 0.25) is 5.02 Å². The van der Waals surface area contributed by atoms with Crippen LogP contribution < -0.4 is 5.32 Å². The normalized spacial score (nSPS) is 12.1. The quantitative estimate of drug-likeness (QED) is 0.645. The molecule has 0 saturated heterocycles. The number of esters is 1. The summed E-state index contributed by atoms with van der Waals surface area (Å²) >= 11 is 5.90. The molecule has 0 bridgehead atoms. The number of carbonyl (C=O) groups is 1. The largest absolute Gasteiger partial charge is 0.468 e. The van der Waals surface area contributed by atoms with Crippen LogP contribution in [0.15, 0.2) is 36.8 Å². The first kappa shape index (κ1) is 17.1. The number of aliphatic hydroxyl groups is 1. The van der Waals surface area contributed by atoms with Crippen LogP contribution in [-0.2, 0) is 16.1 Å². The second-order valence-corrected chi connectivity index (χ2v) is 5.71. The van der Waals surface area contributed by atoms with Crippen molar-refractivity contribution in [2.75, 3.05) is 19.0 Å². The topological polar surface area (TPSA) is 102 Å². The lowest BCUT2D eigenvalue weighted by molar-refractivity contribution is -0.141. The van der Waals surface area contributed by atoms with Gasteiger partial charge in [0.2, 0.25) is 0 Å². The lowest BCUT2D eigenvalue weighted by Gasteiger charge is -2.17. The molecule has 0 aliphatic carbocycles. The summed E-state index contributed by atoms with van der Waals surface area (Å²) in [4.78, 5) is 19.8. The van der Waals surface area contributed by atoms with Crippen molar-refractivity contribution in [3.63, 3.8) is 0 Å². The molecule has 2 N–H and O–H groups in total. The SMILES string of the molecule is COC(=O)Cn1ncc2c(NC(CO)c3ccc(Cl)cc3)ncnc21. The van der Waals surface area contributed by atoms with Crippen LogP contribution in [0, 0.1) is 0 Å². The fourth-order valence-corrected chi connectivity index (χ4v) is 2.53. The average molecular weight is 362 g/mol. The smallest absolute Gasteiger partial charge is 0.327 e. The second-order valence-electron chi connectivity index (χ2n) is 5.27. The van der Waals surface area contributed by atoms with Gasteiger partial charge in [-0.05, 0) is 17.7 Å². The lowest BCUT2D eigenvalue weighted by Crippen LogP contribution is -2.16. The Kier molecular flexibility index (Phi) is 5.11. The number of hydrogen-bond acceptors (Lipinski definition) is 7. The third kappa shape index (κ3) is 3.70. The third-order valence-electron chi connectivity index (χ3n) is 3.71. The second kappa shape index (κ2) is 7.45. The summed E-state index contributed by atoms with van der Waals surface area (Å²) in [5, 5.41) is 18.3. The van der Waals surface area contributed by atoms with Gasteiger partial charge in [0.25, 0.3) is 0 Å². The van der Waals surface area contributed by atoms with Crippen molar-refractivity contribution >= 4 is 34.4 Å². The molecule has 0 aliphatic rings. The molecule has 1 atom stereocenters. The highest BCUT2D eigenvalue weighted by Gasteiger charge is 2.16. The number of halogens is 1. The molecule has 3 rings (SSSR count). The van der Waals surface area contributed by atoms with Gasteiger partial charge in [-0.25, -0.2) is 14.6 Å². The monoisotopic (exact) mass is 361 g/mol. The van der Waals surface area contributed by atoms with E-state index in [1.165, 1.54) is 18.1 Å². The molecule has 0 aliphatic heterocycles. The van der Waals surface area contributed by atoms with Crippen LogP contribution in [0.5, 0.6) is 0 Å². The van der Waals surface area contributed by atoms with Gasteiger partial charge < -0.3 is 15.2 Å². The number of benzene rings is 1. The van der Waals surface area contributed by atoms with E-state index in [4.69, 9.17) is 11.6 Å². The Hall–Kier alpha value is -2.71. The molecular formula is C16H16ClN5O3. The Morgan fingerprint density at radius 3 is 2.80 bits per heavy atom. The van der Waals surface area contributed by atoms with E-state index < -0.39 is 5.97 Å². The Morgan fingerprint density at radius 1 is 1.36 bits per heavy atom. The maximum atomic E-state index is 11.5. The van der Waals surface area contributed by atoms with E-state index in [0.29, 0.717) is 21.9 Å². The Balaban J connectivity index is 1.90. The number of rotatable bonds is 6. The molecule has 0 saturated carbocycles. The molecule has 1 aromatic carbocycles. The molecule has 9 heteroatoms. The zero-order valence-electron chi connectivity index (χ0n) is 13.4. The van der Waals surface area contributed by atoms with E-state index in [0.717, 1.165) is 5.56 Å². The summed E-state index contributed by atoms with van der Waals surface area (Å²) in [6.45, 7) is -0.180. The van der Waals surface area contributed by atoms with Gasteiger partial charge in [-0.3, -0.25) is 4.79 Å². The van der Waals surface area contributed by atoms with E-state index in [1.54, 1.807) is 18.3 Å². The molecule has 8 nitrogen and oxygen atoms in total. The van der Waals surface area contributed by atoms with Crippen molar-refractivity contribution in [2.24, 2.45) is 0 Å². The van der Waals surface area contributed by atoms with Crippen molar-refractivity contribution in [1.82, 2.24) is 19.7 Å². The number of carbonyl (C=O) groups excluding carboxylic acids is 1. The van der Waals surface area contributed by atoms with E-state index in [9.17, 15) is 9.90 Å². The van der Waals surface area contributed by atoms with E-state index >= 15 is 0 Å². The van der Waals surface area contributed by atoms with Crippen molar-refractivity contribution in [2.45, 2.75) is 12.6 Å². The highest BCUT2D eigenvalue weighted by molar-refractivity contribution is 6.30. The number of nitrogens with one attached hydrogen (secondary N) is 1. The molecule has 0 amide bonds. The van der Waals surface area contributed by atoms with Crippen LogP contribution in [0.1, 0.15) is 11.6 Å². The fraction of sp³-hybridized carbons (Fsp3) is 0.250. The number of aliphatic hydroxyl groups excluding tert-OH is 1. The summed E-state index contributed by atoms with van der Waals surface area (Å²) in [5.41, 5.74) is 1.36. The molecule has 25 heavy (non-hydrogen) atoms. The average Bonchev–Trinajstić information content (AvgIpc) is 3.04. The Morgan fingerprint density at radius 2 is 2.12 bits per heavy atom. The standard InChI is InChI=1S/C16H16ClN5O3/c1-25-14(24)7-22-16-12(6-20-22)15(18-9-19-16)21-13(8-23)10-2-4-11(17)5-3-10/h2-6,9,13,23H,7-8H2,1H3,(H,18,19,21). The summed E-state index contributed by atoms with van der Waals surface area (Å²) in [5.74, 6) is 0.0858. The molecule has 0 radical (unpaired) electrons. The minimum absolute atomic E-state index is 0.0446. The van der Waals surface area contributed by atoms with Gasteiger partial charge >= 0.3 is 5.97 Å². The first-order chi connectivity index (χ1) is 12.1. The molecule has 0 fully saturated rings. The zero-order chi connectivity index (χ0) is 17.8. The van der Waals surface area contributed by atoms with Crippen LogP contribution in [0.4, 0.5) is 5.82 Å². The highest BCUT2D eigenvalue weighted by atomic mass is 35.5. The first-order valence-corrected chi connectivity index (χ1v) is 7.86. The van der Waals surface area contributed by atoms with Crippen molar-refractivity contribution in [3.8, 4) is 0 Å². The number of anilines is 1. The minimum Gasteiger partial charge on any atom is -0.468 e. The number of aromatic nitrogens is 4. The van der Waals surface area contributed by atoms with Crippen molar-refractivity contribution in [3.05, 3.63) is 47.4 Å². The molecule has 1 unspecified atom stereocenters. The predicted molar refractivity (Wildman–Crippen MR) is 92.2 cm³/mol. The van der Waals surface area contributed by atoms with Crippen LogP contribution in [0.25, 0.3) is 11.0 Å². The summed E-state index contributed by atoms with van der Waals surface area (Å²) < 4.78 is 6.08. The van der Waals surface area contributed by atoms with E-state index in [2.05, 4.69) is 25.1 Å². The summed E-state index contributed by atoms with van der Waals surface area (Å²) in [6, 6.07) is 6.79. The van der Waals surface area contributed by atoms with Gasteiger partial charge in [-0.2, -0.15) is 5.10 Å². The summed E-state index contributed by atoms with van der Waals surface area (Å²) in [7, 11) is 1.31. The lowest BCUT2D eigenvalue weighted by atomic mass is 10.1. The van der Waals surface area contributed by atoms with Crippen molar-refractivity contribution in [1.29, 1.82) is 0 Å². The van der Waals surface area contributed by atoms with Gasteiger partial charge in [0, 0.05) is 5.02 Å². The third-order valence-corrected chi connectivity index (χ3v) is 3.96.